The first-order valence-electron chi connectivity index (χ1n) is 12.5. The number of pyridine rings is 1. The van der Waals surface area contributed by atoms with E-state index in [-0.39, 0.29) is 12.1 Å². The minimum atomic E-state index is -1.07. The predicted molar refractivity (Wildman–Crippen MR) is 141 cm³/mol. The van der Waals surface area contributed by atoms with Gasteiger partial charge in [-0.2, -0.15) is 0 Å². The zero-order valence-electron chi connectivity index (χ0n) is 20.6. The van der Waals surface area contributed by atoms with Gasteiger partial charge in [-0.15, -0.1) is 0 Å². The number of para-hydroxylation sites is 2. The Bertz CT molecular complexity index is 1440. The molecule has 1 N–H and O–H groups in total. The maximum Gasteiger partial charge on any atom is 0.340 e. The number of nitrogens with one attached hydrogen (secondary N) is 1. The zero-order chi connectivity index (χ0) is 25.8. The summed E-state index contributed by atoms with van der Waals surface area (Å²) in [4.78, 5) is 33.7. The molecule has 3 aromatic carbocycles. The molecule has 0 bridgehead atoms. The molecule has 2 heterocycles. The first-order chi connectivity index (χ1) is 18.0. The molecular weight excluding hydrogens is 469 g/mol. The number of benzene rings is 3. The third-order valence-electron chi connectivity index (χ3n) is 6.62. The minimum Gasteiger partial charge on any atom is -0.449 e. The molecule has 0 saturated carbocycles. The molecule has 5 rings (SSSR count). The number of fused-ring (bicyclic) bond motifs is 2. The predicted octanol–water partition coefficient (Wildman–Crippen LogP) is 5.51. The number of hydrogen-bond donors (Lipinski definition) is 1. The molecule has 7 heteroatoms. The van der Waals surface area contributed by atoms with Crippen molar-refractivity contribution in [3.05, 3.63) is 107 Å². The topological polar surface area (TPSA) is 71.5 Å². The lowest BCUT2D eigenvalue weighted by Crippen LogP contribution is -2.35. The van der Waals surface area contributed by atoms with E-state index in [1.54, 1.807) is 19.1 Å². The van der Waals surface area contributed by atoms with Gasteiger partial charge in [0, 0.05) is 42.7 Å². The number of ether oxygens (including phenoxy) is 1. The highest BCUT2D eigenvalue weighted by atomic mass is 19.1. The minimum absolute atomic E-state index is 0.0466. The molecule has 4 aromatic rings. The van der Waals surface area contributed by atoms with E-state index in [1.165, 1.54) is 17.7 Å². The Balaban J connectivity index is 1.44. The average molecular weight is 498 g/mol. The number of anilines is 1. The fraction of sp³-hybridized carbons (Fsp3) is 0.233. The number of rotatable bonds is 7. The number of carbonyl (C=O) groups excluding carboxylic acids is 2. The lowest BCUT2D eigenvalue weighted by molar-refractivity contribution is -0.124. The first kappa shape index (κ1) is 24.6. The third-order valence-corrected chi connectivity index (χ3v) is 6.62. The Morgan fingerprint density at radius 3 is 2.54 bits per heavy atom. The Morgan fingerprint density at radius 1 is 1.03 bits per heavy atom. The van der Waals surface area contributed by atoms with Crippen LogP contribution in [0.5, 0.6) is 0 Å². The van der Waals surface area contributed by atoms with Gasteiger partial charge in [-0.3, -0.25) is 14.7 Å². The summed E-state index contributed by atoms with van der Waals surface area (Å²) >= 11 is 0. The van der Waals surface area contributed by atoms with Crippen LogP contribution in [-0.2, 0) is 29.0 Å². The number of hydrogen-bond acceptors (Lipinski definition) is 5. The largest absolute Gasteiger partial charge is 0.449 e. The molecule has 0 aliphatic carbocycles. The highest BCUT2D eigenvalue weighted by Crippen LogP contribution is 2.30. The van der Waals surface area contributed by atoms with Crippen molar-refractivity contribution in [1.29, 1.82) is 0 Å². The zero-order valence-corrected chi connectivity index (χ0v) is 20.6. The summed E-state index contributed by atoms with van der Waals surface area (Å²) in [5.74, 6) is -1.70. The van der Waals surface area contributed by atoms with E-state index in [1.807, 2.05) is 42.5 Å². The van der Waals surface area contributed by atoms with Gasteiger partial charge >= 0.3 is 5.97 Å². The quantitative estimate of drug-likeness (QED) is 0.341. The van der Waals surface area contributed by atoms with Gasteiger partial charge in [-0.05, 0) is 30.2 Å². The normalized spacial score (nSPS) is 14.1. The summed E-state index contributed by atoms with van der Waals surface area (Å²) in [6.45, 7) is 3.87. The summed E-state index contributed by atoms with van der Waals surface area (Å²) in [6.07, 6.45) is -0.117. The van der Waals surface area contributed by atoms with Gasteiger partial charge in [0.15, 0.2) is 6.10 Å². The van der Waals surface area contributed by atoms with Crippen LogP contribution in [0.1, 0.15) is 40.5 Å². The van der Waals surface area contributed by atoms with Gasteiger partial charge in [-0.25, -0.2) is 9.18 Å². The van der Waals surface area contributed by atoms with Gasteiger partial charge in [0.1, 0.15) is 5.82 Å². The summed E-state index contributed by atoms with van der Waals surface area (Å²) < 4.78 is 19.8. The van der Waals surface area contributed by atoms with E-state index in [0.29, 0.717) is 29.4 Å². The fourth-order valence-electron chi connectivity index (χ4n) is 4.74. The molecule has 37 heavy (non-hydrogen) atoms. The first-order valence-corrected chi connectivity index (χ1v) is 12.5. The van der Waals surface area contributed by atoms with Crippen molar-refractivity contribution in [2.75, 3.05) is 11.9 Å². The second-order valence-corrected chi connectivity index (χ2v) is 9.15. The van der Waals surface area contributed by atoms with Crippen molar-refractivity contribution in [2.45, 2.75) is 39.0 Å². The molecule has 1 unspecified atom stereocenters. The summed E-state index contributed by atoms with van der Waals surface area (Å²) in [7, 11) is 0. The van der Waals surface area contributed by atoms with Crippen molar-refractivity contribution in [2.24, 2.45) is 0 Å². The fourth-order valence-corrected chi connectivity index (χ4v) is 4.74. The molecule has 0 saturated heterocycles. The second kappa shape index (κ2) is 10.9. The van der Waals surface area contributed by atoms with Crippen LogP contribution < -0.4 is 5.32 Å². The van der Waals surface area contributed by atoms with Crippen molar-refractivity contribution in [3.63, 3.8) is 0 Å². The molecule has 0 fully saturated rings. The van der Waals surface area contributed by atoms with Gasteiger partial charge in [0.25, 0.3) is 5.91 Å². The SMILES string of the molecule is CCC(OC(=O)c1c2c(nc3ccccc13)CCN(Cc1ccccc1)C2)C(=O)Nc1ccccc1F. The van der Waals surface area contributed by atoms with E-state index in [0.717, 1.165) is 24.3 Å². The van der Waals surface area contributed by atoms with Crippen LogP contribution in [0.25, 0.3) is 10.9 Å². The van der Waals surface area contributed by atoms with Crippen LogP contribution in [0.3, 0.4) is 0 Å². The van der Waals surface area contributed by atoms with E-state index in [9.17, 15) is 14.0 Å². The lowest BCUT2D eigenvalue weighted by Gasteiger charge is -2.30. The smallest absolute Gasteiger partial charge is 0.340 e. The average Bonchev–Trinajstić information content (AvgIpc) is 2.92. The second-order valence-electron chi connectivity index (χ2n) is 9.15. The molecule has 1 aliphatic rings. The molecule has 1 atom stereocenters. The summed E-state index contributed by atoms with van der Waals surface area (Å²) in [6, 6.07) is 23.6. The highest BCUT2D eigenvalue weighted by Gasteiger charge is 2.30. The molecule has 6 nitrogen and oxygen atoms in total. The van der Waals surface area contributed by atoms with E-state index in [2.05, 4.69) is 22.3 Å². The number of amides is 1. The van der Waals surface area contributed by atoms with Crippen LogP contribution in [0, 0.1) is 5.82 Å². The number of esters is 1. The van der Waals surface area contributed by atoms with Crippen LogP contribution in [0.4, 0.5) is 10.1 Å². The van der Waals surface area contributed by atoms with E-state index < -0.39 is 23.8 Å². The molecule has 1 aliphatic heterocycles. The molecule has 1 amide bonds. The summed E-state index contributed by atoms with van der Waals surface area (Å²) in [5, 5.41) is 3.23. The Hall–Kier alpha value is -4.10. The number of halogens is 1. The number of carbonyl (C=O) groups is 2. The van der Waals surface area contributed by atoms with Crippen LogP contribution >= 0.6 is 0 Å². The van der Waals surface area contributed by atoms with Gasteiger partial charge < -0.3 is 10.1 Å². The monoisotopic (exact) mass is 497 g/mol. The molecular formula is C30H28FN3O3. The maximum atomic E-state index is 14.1. The molecule has 188 valence electrons. The van der Waals surface area contributed by atoms with Crippen LogP contribution in [0.2, 0.25) is 0 Å². The number of nitrogens with zero attached hydrogens (tertiary/aromatic N) is 2. The lowest BCUT2D eigenvalue weighted by atomic mass is 9.95. The van der Waals surface area contributed by atoms with Crippen molar-refractivity contribution >= 4 is 28.5 Å². The molecule has 1 aromatic heterocycles. The Labute approximate surface area is 215 Å². The summed E-state index contributed by atoms with van der Waals surface area (Å²) in [5.41, 5.74) is 4.10. The number of aromatic nitrogens is 1. The van der Waals surface area contributed by atoms with E-state index >= 15 is 0 Å². The van der Waals surface area contributed by atoms with Gasteiger partial charge in [0.05, 0.1) is 16.8 Å². The maximum absolute atomic E-state index is 14.1. The highest BCUT2D eigenvalue weighted by molar-refractivity contribution is 6.06. The Kier molecular flexibility index (Phi) is 7.23. The third kappa shape index (κ3) is 5.37. The van der Waals surface area contributed by atoms with Crippen molar-refractivity contribution < 1.29 is 18.7 Å². The van der Waals surface area contributed by atoms with Gasteiger partial charge in [0.2, 0.25) is 0 Å². The van der Waals surface area contributed by atoms with Crippen LogP contribution in [-0.4, -0.2) is 34.4 Å². The standard InChI is InChI=1S/C30H28FN3O3/c1-2-27(29(35)33-26-15-9-7-13-23(26)31)37-30(36)28-21-12-6-8-14-24(21)32-25-16-17-34(19-22(25)28)18-20-10-4-3-5-11-20/h3-15,27H,2,16-19H2,1H3,(H,33,35). The van der Waals surface area contributed by atoms with Crippen molar-refractivity contribution in [3.8, 4) is 0 Å². The van der Waals surface area contributed by atoms with Gasteiger partial charge in [-0.1, -0.05) is 67.6 Å². The molecule has 0 spiro atoms. The van der Waals surface area contributed by atoms with E-state index in [4.69, 9.17) is 9.72 Å². The Morgan fingerprint density at radius 2 is 1.76 bits per heavy atom. The van der Waals surface area contributed by atoms with Crippen molar-refractivity contribution in [1.82, 2.24) is 9.88 Å². The van der Waals surface area contributed by atoms with Crippen LogP contribution in [0.15, 0.2) is 78.9 Å². The molecule has 0 radical (unpaired) electrons.